The van der Waals surface area contributed by atoms with Crippen LogP contribution in [0.15, 0.2) is 183 Å². The zero-order chi connectivity index (χ0) is 41.5. The first-order chi connectivity index (χ1) is 30.0. The lowest BCUT2D eigenvalue weighted by atomic mass is 9.63. The van der Waals surface area contributed by atoms with Crippen molar-refractivity contribution in [2.24, 2.45) is 23.7 Å². The van der Waals surface area contributed by atoms with Gasteiger partial charge in [0.15, 0.2) is 0 Å². The second kappa shape index (κ2) is 18.8. The molecule has 1 aromatic rings. The van der Waals surface area contributed by atoms with E-state index in [1.807, 2.05) is 19.1 Å². The van der Waals surface area contributed by atoms with Gasteiger partial charge in [-0.1, -0.05) is 115 Å². The number of anilines is 2. The summed E-state index contributed by atoms with van der Waals surface area (Å²) < 4.78 is 12.2. The van der Waals surface area contributed by atoms with Crippen molar-refractivity contribution >= 4 is 23.4 Å². The number of rotatable bonds is 18. The van der Waals surface area contributed by atoms with E-state index in [1.54, 1.807) is 6.07 Å². The highest BCUT2D eigenvalue weighted by molar-refractivity contribution is 5.93. The van der Waals surface area contributed by atoms with E-state index >= 15 is 0 Å². The number of amides is 4. The van der Waals surface area contributed by atoms with Gasteiger partial charge in [0.1, 0.15) is 0 Å². The van der Waals surface area contributed by atoms with E-state index in [4.69, 9.17) is 9.47 Å². The number of allylic oxidation sites excluding steroid dienone is 24. The number of nitrogens with one attached hydrogen (secondary N) is 4. The summed E-state index contributed by atoms with van der Waals surface area (Å²) in [5.41, 5.74) is 15.7. The molecule has 4 N–H and O–H groups in total. The monoisotopic (exact) mass is 812 g/mol. The summed E-state index contributed by atoms with van der Waals surface area (Å²) in [5.74, 6) is 1.64. The Balaban J connectivity index is 0.618. The van der Waals surface area contributed by atoms with Gasteiger partial charge in [-0.3, -0.25) is 0 Å². The van der Waals surface area contributed by atoms with E-state index < -0.39 is 0 Å². The molecule has 1 aromatic carbocycles. The molecule has 0 heterocycles. The Labute approximate surface area is 360 Å². The summed E-state index contributed by atoms with van der Waals surface area (Å²) in [4.78, 5) is 25.4. The smallest absolute Gasteiger partial charge is 0.319 e. The second-order valence-corrected chi connectivity index (χ2v) is 17.0. The van der Waals surface area contributed by atoms with Crippen LogP contribution in [0.25, 0.3) is 0 Å². The Hall–Kier alpha value is -5.96. The third-order valence-corrected chi connectivity index (χ3v) is 12.9. The van der Waals surface area contributed by atoms with Crippen molar-refractivity contribution in [2.45, 2.75) is 45.4 Å². The summed E-state index contributed by atoms with van der Waals surface area (Å²) in [6, 6.07) is 4.99. The minimum Gasteiger partial charge on any atom is -0.377 e. The van der Waals surface area contributed by atoms with Crippen LogP contribution < -0.4 is 21.3 Å². The molecular weight excluding hydrogens is 757 g/mol. The highest BCUT2D eigenvalue weighted by Gasteiger charge is 2.39. The average Bonchev–Trinajstić information content (AvgIpc) is 3.28. The van der Waals surface area contributed by atoms with Crippen LogP contribution in [-0.2, 0) is 9.47 Å². The minimum absolute atomic E-state index is 0.263. The fraction of sp³-hybridized carbons (Fsp3) is 0.321. The van der Waals surface area contributed by atoms with E-state index in [2.05, 4.69) is 131 Å². The van der Waals surface area contributed by atoms with Crippen molar-refractivity contribution < 1.29 is 19.1 Å². The Kier molecular flexibility index (Phi) is 12.4. The first-order valence-electron chi connectivity index (χ1n) is 22.1. The predicted molar refractivity (Wildman–Crippen MR) is 246 cm³/mol. The molecule has 9 rings (SSSR count). The number of aryl methyl sites for hydroxylation is 1. The van der Waals surface area contributed by atoms with E-state index in [9.17, 15) is 9.59 Å². The molecule has 0 radical (unpaired) electrons. The van der Waals surface area contributed by atoms with Crippen LogP contribution in [0.4, 0.5) is 21.0 Å². The van der Waals surface area contributed by atoms with Crippen LogP contribution in [0.5, 0.6) is 0 Å². The van der Waals surface area contributed by atoms with Crippen LogP contribution in [0.1, 0.15) is 44.1 Å². The van der Waals surface area contributed by atoms with Gasteiger partial charge in [-0.2, -0.15) is 0 Å². The topological polar surface area (TPSA) is 101 Å². The van der Waals surface area contributed by atoms with Crippen LogP contribution in [0.3, 0.4) is 0 Å². The zero-order valence-electron chi connectivity index (χ0n) is 35.1. The lowest BCUT2D eigenvalue weighted by Gasteiger charge is -2.40. The molecule has 8 heteroatoms. The van der Waals surface area contributed by atoms with E-state index in [0.717, 1.165) is 44.1 Å². The third kappa shape index (κ3) is 9.21. The van der Waals surface area contributed by atoms with Crippen molar-refractivity contribution in [1.82, 2.24) is 10.6 Å². The molecular formula is C53H56N4O4. The Morgan fingerprint density at radius 2 is 1.11 bits per heavy atom. The quantitative estimate of drug-likeness (QED) is 0.111. The van der Waals surface area contributed by atoms with Crippen LogP contribution in [0.2, 0.25) is 0 Å². The van der Waals surface area contributed by atoms with Gasteiger partial charge in [-0.15, -0.1) is 0 Å². The lowest BCUT2D eigenvalue weighted by Crippen LogP contribution is -2.30. The van der Waals surface area contributed by atoms with Gasteiger partial charge in [-0.25, -0.2) is 9.59 Å². The van der Waals surface area contributed by atoms with Crippen LogP contribution in [-0.4, -0.2) is 51.6 Å². The van der Waals surface area contributed by atoms with Crippen molar-refractivity contribution in [2.75, 3.05) is 50.2 Å². The summed E-state index contributed by atoms with van der Waals surface area (Å²) in [5, 5.41) is 11.7. The summed E-state index contributed by atoms with van der Waals surface area (Å²) >= 11 is 0. The average molecular weight is 813 g/mol. The Morgan fingerprint density at radius 3 is 1.85 bits per heavy atom. The van der Waals surface area contributed by atoms with E-state index in [0.29, 0.717) is 74.6 Å². The normalized spacial score (nSPS) is 23.0. The molecule has 312 valence electrons. The number of carbonyl (C=O) groups is 2. The molecule has 4 atom stereocenters. The van der Waals surface area contributed by atoms with E-state index in [1.165, 1.54) is 55.7 Å². The summed E-state index contributed by atoms with van der Waals surface area (Å²) in [6.45, 7) is 5.65. The molecule has 8 nitrogen and oxygen atoms in total. The minimum atomic E-state index is -0.268. The maximum Gasteiger partial charge on any atom is 0.319 e. The molecule has 0 fully saturated rings. The van der Waals surface area contributed by atoms with Crippen molar-refractivity contribution in [3.8, 4) is 0 Å². The lowest BCUT2D eigenvalue weighted by molar-refractivity contribution is 0.152. The van der Waals surface area contributed by atoms with Crippen molar-refractivity contribution in [3.05, 3.63) is 189 Å². The van der Waals surface area contributed by atoms with Gasteiger partial charge in [0.05, 0.1) is 13.2 Å². The van der Waals surface area contributed by atoms with Crippen LogP contribution in [0, 0.1) is 30.6 Å². The number of hydrogen-bond donors (Lipinski definition) is 4. The summed E-state index contributed by atoms with van der Waals surface area (Å²) in [6.07, 6.45) is 46.0. The van der Waals surface area contributed by atoms with Crippen LogP contribution >= 0.6 is 0 Å². The highest BCUT2D eigenvalue weighted by Crippen LogP contribution is 2.50. The molecule has 61 heavy (non-hydrogen) atoms. The standard InChI is InChI=1S/C53H56N4O4/c1-35-14-24-45(56-52(58)54-26-4-3-7-29-61-34-44-22-19-41-16-15-39-12-9-13-40-23-25-46(44)51(41)49(39)40)32-47(35)57-53(59)55-27-5-2-6-28-60-33-36-30-42-20-17-37-10-8-11-38-18-21-43(31-36)50(42)48(37)38/h8-25,30-32,48-51H,2-7,26-29,33-34H2,1H3,(H2,54,56,58)(H2,55,57,59). The number of unbranched alkanes of at least 4 members (excludes halogenated alkanes) is 4. The maximum absolute atomic E-state index is 12.7. The second-order valence-electron chi connectivity index (χ2n) is 17.0. The molecule has 0 aromatic heterocycles. The van der Waals surface area contributed by atoms with Gasteiger partial charge >= 0.3 is 12.1 Å². The number of urea groups is 2. The highest BCUT2D eigenvalue weighted by atomic mass is 16.5. The fourth-order valence-electron chi connectivity index (χ4n) is 9.74. The van der Waals surface area contributed by atoms with Gasteiger partial charge in [0, 0.05) is 61.3 Å². The molecule has 0 bridgehead atoms. The number of carbonyl (C=O) groups excluding carboxylic acids is 2. The van der Waals surface area contributed by atoms with Gasteiger partial charge in [-0.05, 0) is 119 Å². The Bertz CT molecular complexity index is 2400. The molecule has 4 amide bonds. The fourth-order valence-corrected chi connectivity index (χ4v) is 9.74. The first kappa shape index (κ1) is 40.4. The summed E-state index contributed by atoms with van der Waals surface area (Å²) in [7, 11) is 0. The molecule has 0 aliphatic heterocycles. The Morgan fingerprint density at radius 1 is 0.541 bits per heavy atom. The molecule has 8 aliphatic carbocycles. The largest absolute Gasteiger partial charge is 0.377 e. The van der Waals surface area contributed by atoms with Gasteiger partial charge in [0.25, 0.3) is 0 Å². The molecule has 0 saturated carbocycles. The zero-order valence-corrected chi connectivity index (χ0v) is 35.1. The predicted octanol–water partition coefficient (Wildman–Crippen LogP) is 10.7. The third-order valence-electron chi connectivity index (χ3n) is 12.9. The number of hydrogen-bond acceptors (Lipinski definition) is 4. The van der Waals surface area contributed by atoms with Gasteiger partial charge < -0.3 is 30.7 Å². The molecule has 0 saturated heterocycles. The van der Waals surface area contributed by atoms with Crippen molar-refractivity contribution in [3.63, 3.8) is 0 Å². The number of ether oxygens (including phenoxy) is 2. The SMILES string of the molecule is Cc1ccc(NC(=O)NCCCCCOCC2=C3C=CC4=CC=CC5=CC=C(C=C2)C3C45)cc1NC(=O)NCCCCCOCC1=CC2=CC=C3C=CC=C4C=CC(=C1)C2C43. The molecule has 4 unspecified atom stereocenters. The van der Waals surface area contributed by atoms with Gasteiger partial charge in [0.2, 0.25) is 0 Å². The first-order valence-corrected chi connectivity index (χ1v) is 22.1. The van der Waals surface area contributed by atoms with E-state index in [-0.39, 0.29) is 12.1 Å². The molecule has 0 spiro atoms. The molecule has 8 aliphatic rings. The number of benzene rings is 1. The van der Waals surface area contributed by atoms with Crippen molar-refractivity contribution in [1.29, 1.82) is 0 Å². The maximum atomic E-state index is 12.7.